The van der Waals surface area contributed by atoms with Crippen LogP contribution in [-0.4, -0.2) is 41.0 Å². The molecule has 2 rings (SSSR count). The molecule has 0 spiro atoms. The van der Waals surface area contributed by atoms with Gasteiger partial charge in [-0.15, -0.1) is 0 Å². The Bertz CT molecular complexity index is 475. The normalized spacial score (nSPS) is 17.6. The third kappa shape index (κ3) is 4.67. The first-order valence-electron chi connectivity index (χ1n) is 7.56. The van der Waals surface area contributed by atoms with Crippen LogP contribution in [0.25, 0.3) is 0 Å². The van der Waals surface area contributed by atoms with Crippen molar-refractivity contribution in [3.8, 4) is 0 Å². The Balaban J connectivity index is 1.87. The van der Waals surface area contributed by atoms with Crippen LogP contribution in [0, 0.1) is 13.8 Å². The highest BCUT2D eigenvalue weighted by Gasteiger charge is 2.22. The van der Waals surface area contributed by atoms with Crippen LogP contribution in [-0.2, 0) is 4.79 Å². The Morgan fingerprint density at radius 1 is 1.43 bits per heavy atom. The van der Waals surface area contributed by atoms with E-state index in [0.29, 0.717) is 6.42 Å². The third-order valence-corrected chi connectivity index (χ3v) is 3.64. The number of hydrogen-bond donors (Lipinski definition) is 2. The molecule has 1 unspecified atom stereocenters. The van der Waals surface area contributed by atoms with Crippen molar-refractivity contribution < 1.29 is 4.79 Å². The standard InChI is InChI=1S/C15H25N5O/c1-10(16)8-15(21)19-13-4-6-20(7-5-13)14-9-11(2)17-12(3)18-14/h9-10,13H,4-8,16H2,1-3H3,(H,19,21). The number of carbonyl (C=O) groups is 1. The largest absolute Gasteiger partial charge is 0.356 e. The number of rotatable bonds is 4. The predicted molar refractivity (Wildman–Crippen MR) is 83.2 cm³/mol. The zero-order valence-electron chi connectivity index (χ0n) is 13.1. The van der Waals surface area contributed by atoms with Gasteiger partial charge in [0.2, 0.25) is 5.91 Å². The number of nitrogens with zero attached hydrogens (tertiary/aromatic N) is 3. The summed E-state index contributed by atoms with van der Waals surface area (Å²) in [6, 6.07) is 2.18. The summed E-state index contributed by atoms with van der Waals surface area (Å²) >= 11 is 0. The average molecular weight is 291 g/mol. The van der Waals surface area contributed by atoms with Gasteiger partial charge < -0.3 is 16.0 Å². The molecular formula is C15H25N5O. The molecule has 6 nitrogen and oxygen atoms in total. The van der Waals surface area contributed by atoms with E-state index >= 15 is 0 Å². The topological polar surface area (TPSA) is 84.1 Å². The Labute approximate surface area is 126 Å². The monoisotopic (exact) mass is 291 g/mol. The lowest BCUT2D eigenvalue weighted by Crippen LogP contribution is -2.45. The lowest BCUT2D eigenvalue weighted by molar-refractivity contribution is -0.122. The van der Waals surface area contributed by atoms with Crippen molar-refractivity contribution in [2.24, 2.45) is 5.73 Å². The van der Waals surface area contributed by atoms with E-state index in [-0.39, 0.29) is 18.0 Å². The second kappa shape index (κ2) is 6.85. The molecule has 0 aliphatic carbocycles. The van der Waals surface area contributed by atoms with E-state index in [1.54, 1.807) is 0 Å². The molecule has 0 bridgehead atoms. The van der Waals surface area contributed by atoms with Crippen LogP contribution in [0.3, 0.4) is 0 Å². The molecule has 0 saturated carbocycles. The minimum Gasteiger partial charge on any atom is -0.356 e. The molecule has 0 radical (unpaired) electrons. The van der Waals surface area contributed by atoms with Crippen molar-refractivity contribution >= 4 is 11.7 Å². The summed E-state index contributed by atoms with van der Waals surface area (Å²) in [5.74, 6) is 1.84. The van der Waals surface area contributed by atoms with E-state index in [0.717, 1.165) is 43.3 Å². The fourth-order valence-corrected chi connectivity index (χ4v) is 2.69. The van der Waals surface area contributed by atoms with Crippen molar-refractivity contribution in [2.75, 3.05) is 18.0 Å². The Kier molecular flexibility index (Phi) is 5.12. The molecule has 2 heterocycles. The first kappa shape index (κ1) is 15.7. The first-order chi connectivity index (χ1) is 9.94. The van der Waals surface area contributed by atoms with Gasteiger partial charge in [-0.2, -0.15) is 0 Å². The smallest absolute Gasteiger partial charge is 0.221 e. The van der Waals surface area contributed by atoms with Crippen molar-refractivity contribution in [1.82, 2.24) is 15.3 Å². The molecule has 1 aromatic rings. The van der Waals surface area contributed by atoms with E-state index < -0.39 is 0 Å². The van der Waals surface area contributed by atoms with Gasteiger partial charge >= 0.3 is 0 Å². The Morgan fingerprint density at radius 2 is 2.10 bits per heavy atom. The van der Waals surface area contributed by atoms with Crippen LogP contribution in [0.5, 0.6) is 0 Å². The third-order valence-electron chi connectivity index (χ3n) is 3.64. The highest BCUT2D eigenvalue weighted by molar-refractivity contribution is 5.76. The molecule has 1 aliphatic rings. The number of amides is 1. The maximum Gasteiger partial charge on any atom is 0.221 e. The fourth-order valence-electron chi connectivity index (χ4n) is 2.69. The van der Waals surface area contributed by atoms with Gasteiger partial charge in [0.1, 0.15) is 11.6 Å². The van der Waals surface area contributed by atoms with E-state index in [2.05, 4.69) is 20.2 Å². The zero-order chi connectivity index (χ0) is 15.4. The molecule has 3 N–H and O–H groups in total. The molecule has 0 aromatic carbocycles. The minimum atomic E-state index is -0.0861. The van der Waals surface area contributed by atoms with Crippen LogP contribution in [0.15, 0.2) is 6.07 Å². The number of nitrogens with two attached hydrogens (primary N) is 1. The second-order valence-electron chi connectivity index (χ2n) is 5.92. The van der Waals surface area contributed by atoms with E-state index in [9.17, 15) is 4.79 Å². The van der Waals surface area contributed by atoms with Gasteiger partial charge in [-0.05, 0) is 33.6 Å². The zero-order valence-corrected chi connectivity index (χ0v) is 13.1. The quantitative estimate of drug-likeness (QED) is 0.861. The number of hydrogen-bond acceptors (Lipinski definition) is 5. The average Bonchev–Trinajstić information content (AvgIpc) is 2.37. The maximum absolute atomic E-state index is 11.7. The molecule has 1 saturated heterocycles. The van der Waals surface area contributed by atoms with Gasteiger partial charge in [0, 0.05) is 43.4 Å². The number of piperidine rings is 1. The number of carbonyl (C=O) groups excluding carboxylic acids is 1. The molecule has 1 atom stereocenters. The summed E-state index contributed by atoms with van der Waals surface area (Å²) in [6.45, 7) is 7.55. The van der Waals surface area contributed by atoms with Crippen molar-refractivity contribution in [3.05, 3.63) is 17.6 Å². The van der Waals surface area contributed by atoms with Gasteiger partial charge in [0.05, 0.1) is 0 Å². The molecule has 6 heteroatoms. The predicted octanol–water partition coefficient (Wildman–Crippen LogP) is 0.916. The highest BCUT2D eigenvalue weighted by Crippen LogP contribution is 2.18. The Hall–Kier alpha value is -1.69. The molecule has 1 aliphatic heterocycles. The number of aryl methyl sites for hydroxylation is 2. The summed E-state index contributed by atoms with van der Waals surface area (Å²) in [6.07, 6.45) is 2.27. The molecule has 1 aromatic heterocycles. The maximum atomic E-state index is 11.7. The van der Waals surface area contributed by atoms with Crippen LogP contribution in [0.4, 0.5) is 5.82 Å². The molecule has 116 valence electrons. The van der Waals surface area contributed by atoms with E-state index in [1.165, 1.54) is 0 Å². The van der Waals surface area contributed by atoms with Crippen LogP contribution >= 0.6 is 0 Å². The summed E-state index contributed by atoms with van der Waals surface area (Å²) < 4.78 is 0. The summed E-state index contributed by atoms with van der Waals surface area (Å²) in [4.78, 5) is 22.8. The van der Waals surface area contributed by atoms with Gasteiger partial charge in [0.15, 0.2) is 0 Å². The molecule has 1 amide bonds. The summed E-state index contributed by atoms with van der Waals surface area (Å²) in [5, 5.41) is 3.07. The molecule has 1 fully saturated rings. The van der Waals surface area contributed by atoms with Crippen molar-refractivity contribution in [3.63, 3.8) is 0 Å². The van der Waals surface area contributed by atoms with Crippen LogP contribution in [0.2, 0.25) is 0 Å². The van der Waals surface area contributed by atoms with Crippen LogP contribution in [0.1, 0.15) is 37.7 Å². The van der Waals surface area contributed by atoms with Gasteiger partial charge in [-0.1, -0.05) is 0 Å². The van der Waals surface area contributed by atoms with Gasteiger partial charge in [0.25, 0.3) is 0 Å². The van der Waals surface area contributed by atoms with Crippen molar-refractivity contribution in [1.29, 1.82) is 0 Å². The number of anilines is 1. The fraction of sp³-hybridized carbons (Fsp3) is 0.667. The summed E-state index contributed by atoms with van der Waals surface area (Å²) in [5.41, 5.74) is 6.63. The van der Waals surface area contributed by atoms with Gasteiger partial charge in [-0.25, -0.2) is 9.97 Å². The highest BCUT2D eigenvalue weighted by atomic mass is 16.1. The van der Waals surface area contributed by atoms with Crippen LogP contribution < -0.4 is 16.0 Å². The molecule has 21 heavy (non-hydrogen) atoms. The van der Waals surface area contributed by atoms with E-state index in [4.69, 9.17) is 5.73 Å². The summed E-state index contributed by atoms with van der Waals surface area (Å²) in [7, 11) is 0. The Morgan fingerprint density at radius 3 is 2.67 bits per heavy atom. The lowest BCUT2D eigenvalue weighted by Gasteiger charge is -2.33. The number of nitrogens with one attached hydrogen (secondary N) is 1. The van der Waals surface area contributed by atoms with Crippen molar-refractivity contribution in [2.45, 2.75) is 52.1 Å². The number of aromatic nitrogens is 2. The first-order valence-corrected chi connectivity index (χ1v) is 7.56. The lowest BCUT2D eigenvalue weighted by atomic mass is 10.0. The SMILES string of the molecule is Cc1cc(N2CCC(NC(=O)CC(C)N)CC2)nc(C)n1. The van der Waals surface area contributed by atoms with Gasteiger partial charge in [-0.3, -0.25) is 4.79 Å². The molecular weight excluding hydrogens is 266 g/mol. The second-order valence-corrected chi connectivity index (χ2v) is 5.92. The minimum absolute atomic E-state index is 0.0529. The van der Waals surface area contributed by atoms with E-state index in [1.807, 2.05) is 26.8 Å².